The third-order valence-corrected chi connectivity index (χ3v) is 5.98. The van der Waals surface area contributed by atoms with E-state index in [4.69, 9.17) is 0 Å². The van der Waals surface area contributed by atoms with E-state index in [-0.39, 0.29) is 12.1 Å². The number of fused-ring (bicyclic) bond motifs is 1. The molecule has 0 atom stereocenters. The molecular formula is C25H23F4N3O3. The highest BCUT2D eigenvalue weighted by molar-refractivity contribution is 5.98. The number of nitrogens with one attached hydrogen (secondary N) is 2. The van der Waals surface area contributed by atoms with Gasteiger partial charge in [0.05, 0.1) is 11.1 Å². The molecule has 0 aliphatic heterocycles. The van der Waals surface area contributed by atoms with Gasteiger partial charge in [0.25, 0.3) is 5.91 Å². The van der Waals surface area contributed by atoms with E-state index in [1.165, 1.54) is 0 Å². The van der Waals surface area contributed by atoms with Gasteiger partial charge < -0.3 is 15.4 Å². The largest absolute Gasteiger partial charge is 0.491 e. The van der Waals surface area contributed by atoms with Crippen LogP contribution in [0.3, 0.4) is 0 Å². The number of anilines is 1. The Kier molecular flexibility index (Phi) is 6.90. The molecule has 1 saturated carbocycles. The summed E-state index contributed by atoms with van der Waals surface area (Å²) in [6.07, 6.45) is -2.68. The van der Waals surface area contributed by atoms with Crippen molar-refractivity contribution in [1.29, 1.82) is 0 Å². The first-order valence-electron chi connectivity index (χ1n) is 11.1. The number of hydrogen-bond acceptors (Lipinski definition) is 5. The number of para-hydroxylation sites is 2. The molecule has 0 spiro atoms. The van der Waals surface area contributed by atoms with E-state index < -0.39 is 35.2 Å². The number of aryl methyl sites for hydroxylation is 1. The van der Waals surface area contributed by atoms with Crippen LogP contribution in [-0.4, -0.2) is 35.1 Å². The van der Waals surface area contributed by atoms with Gasteiger partial charge in [0.15, 0.2) is 11.6 Å². The molecule has 1 fully saturated rings. The first kappa shape index (κ1) is 24.4. The number of aromatic nitrogens is 1. The van der Waals surface area contributed by atoms with Gasteiger partial charge in [0, 0.05) is 17.5 Å². The summed E-state index contributed by atoms with van der Waals surface area (Å²) in [5.41, 5.74) is 1.53. The second-order valence-corrected chi connectivity index (χ2v) is 8.51. The van der Waals surface area contributed by atoms with E-state index in [0.29, 0.717) is 12.8 Å². The summed E-state index contributed by atoms with van der Waals surface area (Å²) in [5.74, 6) is -4.91. The molecule has 0 saturated heterocycles. The smallest absolute Gasteiger partial charge is 0.416 e. The van der Waals surface area contributed by atoms with Gasteiger partial charge in [-0.05, 0) is 62.4 Å². The van der Waals surface area contributed by atoms with Crippen molar-refractivity contribution in [3.63, 3.8) is 0 Å². The topological polar surface area (TPSA) is 80.3 Å². The first-order chi connectivity index (χ1) is 16.6. The number of carbonyl (C=O) groups is 2. The lowest BCUT2D eigenvalue weighted by molar-refractivity contribution is -0.189. The molecule has 0 unspecified atom stereocenters. The van der Waals surface area contributed by atoms with E-state index in [1.54, 1.807) is 0 Å². The fraction of sp³-hybridized carbons (Fsp3) is 0.320. The number of pyridine rings is 1. The fourth-order valence-corrected chi connectivity index (χ4v) is 4.22. The van der Waals surface area contributed by atoms with Crippen LogP contribution in [0.4, 0.5) is 23.4 Å². The molecule has 2 N–H and O–H groups in total. The number of halogens is 4. The average molecular weight is 489 g/mol. The van der Waals surface area contributed by atoms with Gasteiger partial charge in [-0.3, -0.25) is 4.79 Å². The number of benzene rings is 2. The quantitative estimate of drug-likeness (QED) is 0.289. The minimum Gasteiger partial charge on any atom is -0.416 e. The van der Waals surface area contributed by atoms with Crippen LogP contribution in [0.2, 0.25) is 0 Å². The molecule has 0 bridgehead atoms. The molecule has 0 radical (unpaired) electrons. The zero-order valence-corrected chi connectivity index (χ0v) is 18.8. The lowest BCUT2D eigenvalue weighted by atomic mass is 9.91. The Morgan fingerprint density at radius 1 is 1.00 bits per heavy atom. The number of carbonyl (C=O) groups excluding carboxylic acids is 2. The number of esters is 1. The number of ether oxygens (including phenoxy) is 1. The van der Waals surface area contributed by atoms with E-state index in [1.807, 2.05) is 37.3 Å². The second kappa shape index (κ2) is 9.89. The van der Waals surface area contributed by atoms with E-state index >= 15 is 0 Å². The molecule has 6 nitrogen and oxygen atoms in total. The Bertz CT molecular complexity index is 1250. The van der Waals surface area contributed by atoms with Crippen molar-refractivity contribution in [2.75, 3.05) is 5.32 Å². The highest BCUT2D eigenvalue weighted by Crippen LogP contribution is 2.28. The molecule has 1 aliphatic carbocycles. The molecule has 2 aromatic carbocycles. The second-order valence-electron chi connectivity index (χ2n) is 8.51. The van der Waals surface area contributed by atoms with Crippen LogP contribution in [-0.2, 0) is 4.79 Å². The van der Waals surface area contributed by atoms with Crippen molar-refractivity contribution in [1.82, 2.24) is 10.3 Å². The standard InChI is InChI=1S/C25H23F4N3O3/c1-14-13-21(32-20-8-3-2-5-17(14)20)30-15-9-11-16(12-10-15)31-23(33)18-6-4-7-19(26)22(18)35-24(34)25(27,28)29/h2-8,13,15-16H,9-12H2,1H3,(H,30,32)(H,31,33). The van der Waals surface area contributed by atoms with Crippen molar-refractivity contribution >= 4 is 28.6 Å². The van der Waals surface area contributed by atoms with Gasteiger partial charge in [0.1, 0.15) is 5.82 Å². The minimum absolute atomic E-state index is 0.133. The maximum absolute atomic E-state index is 14.1. The number of nitrogens with zero attached hydrogens (tertiary/aromatic N) is 1. The summed E-state index contributed by atoms with van der Waals surface area (Å²) in [7, 11) is 0. The Morgan fingerprint density at radius 3 is 2.40 bits per heavy atom. The highest BCUT2D eigenvalue weighted by atomic mass is 19.4. The van der Waals surface area contributed by atoms with Crippen LogP contribution < -0.4 is 15.4 Å². The SMILES string of the molecule is Cc1cc(NC2CCC(NC(=O)c3cccc(F)c3OC(=O)C(F)(F)F)CC2)nc2ccccc12. The van der Waals surface area contributed by atoms with Crippen molar-refractivity contribution in [2.24, 2.45) is 0 Å². The molecule has 1 amide bonds. The third-order valence-electron chi connectivity index (χ3n) is 5.98. The van der Waals surface area contributed by atoms with Gasteiger partial charge in [0.2, 0.25) is 0 Å². The zero-order chi connectivity index (χ0) is 25.2. The van der Waals surface area contributed by atoms with Crippen LogP contribution in [0.1, 0.15) is 41.6 Å². The van der Waals surface area contributed by atoms with Crippen LogP contribution in [0.15, 0.2) is 48.5 Å². The van der Waals surface area contributed by atoms with Crippen molar-refractivity contribution in [2.45, 2.75) is 50.9 Å². The summed E-state index contributed by atoms with van der Waals surface area (Å²) in [5, 5.41) is 7.23. The Balaban J connectivity index is 1.37. The van der Waals surface area contributed by atoms with Gasteiger partial charge in [-0.25, -0.2) is 14.2 Å². The van der Waals surface area contributed by atoms with Crippen molar-refractivity contribution < 1.29 is 31.9 Å². The minimum atomic E-state index is -5.32. The van der Waals surface area contributed by atoms with Crippen LogP contribution >= 0.6 is 0 Å². The summed E-state index contributed by atoms with van der Waals surface area (Å²) in [6.45, 7) is 2.02. The molecule has 35 heavy (non-hydrogen) atoms. The molecule has 3 aromatic rings. The van der Waals surface area contributed by atoms with Gasteiger partial charge >= 0.3 is 12.1 Å². The van der Waals surface area contributed by atoms with Crippen LogP contribution in [0.25, 0.3) is 10.9 Å². The summed E-state index contributed by atoms with van der Waals surface area (Å²) < 4.78 is 55.9. The normalized spacial score (nSPS) is 18.2. The van der Waals surface area contributed by atoms with E-state index in [2.05, 4.69) is 20.4 Å². The Labute approximate surface area is 198 Å². The van der Waals surface area contributed by atoms with Crippen molar-refractivity contribution in [3.05, 3.63) is 65.5 Å². The zero-order valence-electron chi connectivity index (χ0n) is 18.8. The number of alkyl halides is 3. The molecule has 1 aromatic heterocycles. The molecule has 184 valence electrons. The molecule has 4 rings (SSSR count). The van der Waals surface area contributed by atoms with Crippen LogP contribution in [0.5, 0.6) is 5.75 Å². The first-order valence-corrected chi connectivity index (χ1v) is 11.1. The summed E-state index contributed by atoms with van der Waals surface area (Å²) >= 11 is 0. The monoisotopic (exact) mass is 489 g/mol. The van der Waals surface area contributed by atoms with Gasteiger partial charge in [-0.15, -0.1) is 0 Å². The number of rotatable bonds is 5. The van der Waals surface area contributed by atoms with E-state index in [9.17, 15) is 27.2 Å². The molecule has 1 aliphatic rings. The lowest BCUT2D eigenvalue weighted by Crippen LogP contribution is -2.40. The van der Waals surface area contributed by atoms with Gasteiger partial charge in [-0.2, -0.15) is 13.2 Å². The van der Waals surface area contributed by atoms with E-state index in [0.717, 1.165) is 53.3 Å². The fourth-order valence-electron chi connectivity index (χ4n) is 4.22. The Morgan fingerprint density at radius 2 is 1.69 bits per heavy atom. The van der Waals surface area contributed by atoms with Crippen LogP contribution in [0, 0.1) is 12.7 Å². The summed E-state index contributed by atoms with van der Waals surface area (Å²) in [6, 6.07) is 12.8. The predicted octanol–water partition coefficient (Wildman–Crippen LogP) is 5.30. The maximum Gasteiger partial charge on any atom is 0.491 e. The Hall–Kier alpha value is -3.69. The molecule has 10 heteroatoms. The van der Waals surface area contributed by atoms with Gasteiger partial charge in [-0.1, -0.05) is 24.3 Å². The lowest BCUT2D eigenvalue weighted by Gasteiger charge is -2.30. The maximum atomic E-state index is 14.1. The third kappa shape index (κ3) is 5.70. The molecular weight excluding hydrogens is 466 g/mol. The summed E-state index contributed by atoms with van der Waals surface area (Å²) in [4.78, 5) is 28.5. The highest BCUT2D eigenvalue weighted by Gasteiger charge is 2.42. The number of amides is 1. The molecule has 1 heterocycles. The van der Waals surface area contributed by atoms with Crippen molar-refractivity contribution in [3.8, 4) is 5.75 Å². The number of hydrogen-bond donors (Lipinski definition) is 2. The average Bonchev–Trinajstić information content (AvgIpc) is 2.81. The predicted molar refractivity (Wildman–Crippen MR) is 122 cm³/mol.